The van der Waals surface area contributed by atoms with E-state index in [0.717, 1.165) is 26.1 Å². The zero-order chi connectivity index (χ0) is 9.26. The monoisotopic (exact) mass is 182 g/mol. The lowest BCUT2D eigenvalue weighted by molar-refractivity contribution is 0.285. The van der Waals surface area contributed by atoms with Crippen LogP contribution in [0.25, 0.3) is 0 Å². The highest BCUT2D eigenvalue weighted by molar-refractivity contribution is 4.84. The van der Waals surface area contributed by atoms with E-state index in [1.807, 2.05) is 0 Å². The van der Waals surface area contributed by atoms with Crippen molar-refractivity contribution in [3.8, 4) is 0 Å². The fourth-order valence-electron chi connectivity index (χ4n) is 1.60. The second-order valence-electron chi connectivity index (χ2n) is 3.50. The van der Waals surface area contributed by atoms with Crippen LogP contribution >= 0.6 is 0 Å². The smallest absolute Gasteiger partial charge is 0.230 e. The third kappa shape index (κ3) is 2.05. The highest BCUT2D eigenvalue weighted by atomic mass is 16.4. The van der Waals surface area contributed by atoms with Gasteiger partial charge in [-0.05, 0) is 6.42 Å². The van der Waals surface area contributed by atoms with E-state index in [1.54, 1.807) is 6.92 Å². The highest BCUT2D eigenvalue weighted by Gasteiger charge is 2.20. The predicted molar refractivity (Wildman–Crippen MR) is 46.9 cm³/mol. The molecule has 13 heavy (non-hydrogen) atoms. The molecule has 1 fully saturated rings. The minimum absolute atomic E-state index is 0.309. The molecule has 0 radical (unpaired) electrons. The Morgan fingerprint density at radius 1 is 1.62 bits per heavy atom. The Morgan fingerprint density at radius 2 is 2.46 bits per heavy atom. The average molecular weight is 182 g/mol. The molecule has 1 aromatic heterocycles. The topological polar surface area (TPSA) is 68.2 Å². The fraction of sp³-hybridized carbons (Fsp3) is 0.750. The molecule has 5 heteroatoms. The number of aryl methyl sites for hydroxylation is 1. The minimum Gasteiger partial charge on any atom is -0.424 e. The summed E-state index contributed by atoms with van der Waals surface area (Å²) >= 11 is 0. The van der Waals surface area contributed by atoms with E-state index in [2.05, 4.69) is 15.1 Å². The van der Waals surface area contributed by atoms with Crippen LogP contribution in [0.4, 0.5) is 0 Å². The Balaban J connectivity index is 1.91. The van der Waals surface area contributed by atoms with Crippen molar-refractivity contribution in [3.05, 3.63) is 11.8 Å². The van der Waals surface area contributed by atoms with Crippen molar-refractivity contribution in [2.45, 2.75) is 25.9 Å². The summed E-state index contributed by atoms with van der Waals surface area (Å²) in [5.74, 6) is 1.31. The van der Waals surface area contributed by atoms with E-state index in [4.69, 9.17) is 10.2 Å². The van der Waals surface area contributed by atoms with E-state index in [9.17, 15) is 0 Å². The van der Waals surface area contributed by atoms with Crippen LogP contribution in [-0.2, 0) is 6.54 Å². The van der Waals surface area contributed by atoms with Crippen molar-refractivity contribution in [3.63, 3.8) is 0 Å². The Morgan fingerprint density at radius 3 is 3.00 bits per heavy atom. The third-order valence-electron chi connectivity index (χ3n) is 2.24. The lowest BCUT2D eigenvalue weighted by Gasteiger charge is -2.11. The van der Waals surface area contributed by atoms with Crippen LogP contribution < -0.4 is 5.73 Å². The summed E-state index contributed by atoms with van der Waals surface area (Å²) in [4.78, 5) is 2.23. The molecule has 0 aliphatic carbocycles. The molecular formula is C8H14N4O. The maximum absolute atomic E-state index is 5.78. The summed E-state index contributed by atoms with van der Waals surface area (Å²) in [5, 5.41) is 7.71. The van der Waals surface area contributed by atoms with Gasteiger partial charge in [-0.25, -0.2) is 0 Å². The SMILES string of the molecule is Cc1nnc(CN2CCC(N)C2)o1. The lowest BCUT2D eigenvalue weighted by Crippen LogP contribution is -2.26. The van der Waals surface area contributed by atoms with Crippen molar-refractivity contribution in [1.82, 2.24) is 15.1 Å². The number of hydrogen-bond acceptors (Lipinski definition) is 5. The van der Waals surface area contributed by atoms with Crippen LogP contribution in [0.2, 0.25) is 0 Å². The number of hydrogen-bond donors (Lipinski definition) is 1. The van der Waals surface area contributed by atoms with Gasteiger partial charge in [0.25, 0.3) is 0 Å². The minimum atomic E-state index is 0.309. The van der Waals surface area contributed by atoms with Crippen molar-refractivity contribution < 1.29 is 4.42 Å². The Hall–Kier alpha value is -0.940. The summed E-state index contributed by atoms with van der Waals surface area (Å²) in [7, 11) is 0. The highest BCUT2D eigenvalue weighted by Crippen LogP contribution is 2.10. The van der Waals surface area contributed by atoms with Crippen molar-refractivity contribution in [1.29, 1.82) is 0 Å². The van der Waals surface area contributed by atoms with Crippen molar-refractivity contribution in [2.75, 3.05) is 13.1 Å². The molecule has 1 aromatic rings. The Bertz CT molecular complexity index is 285. The zero-order valence-corrected chi connectivity index (χ0v) is 7.73. The molecule has 0 spiro atoms. The standard InChI is InChI=1S/C8H14N4O/c1-6-10-11-8(13-6)5-12-3-2-7(9)4-12/h7H,2-5,9H2,1H3. The maximum Gasteiger partial charge on any atom is 0.230 e. The van der Waals surface area contributed by atoms with E-state index in [1.165, 1.54) is 0 Å². The molecule has 1 aliphatic heterocycles. The van der Waals surface area contributed by atoms with Gasteiger partial charge in [0, 0.05) is 26.1 Å². The molecule has 0 amide bonds. The molecule has 2 rings (SSSR count). The third-order valence-corrected chi connectivity index (χ3v) is 2.24. The first-order valence-electron chi connectivity index (χ1n) is 4.51. The van der Waals surface area contributed by atoms with Crippen LogP contribution in [0.15, 0.2) is 4.42 Å². The van der Waals surface area contributed by atoms with Gasteiger partial charge < -0.3 is 10.2 Å². The lowest BCUT2D eigenvalue weighted by atomic mass is 10.3. The van der Waals surface area contributed by atoms with Gasteiger partial charge >= 0.3 is 0 Å². The zero-order valence-electron chi connectivity index (χ0n) is 7.73. The number of nitrogens with two attached hydrogens (primary N) is 1. The van der Waals surface area contributed by atoms with E-state index in [0.29, 0.717) is 17.8 Å². The van der Waals surface area contributed by atoms with Crippen molar-refractivity contribution >= 4 is 0 Å². The molecule has 1 aliphatic rings. The molecule has 1 unspecified atom stereocenters. The molecular weight excluding hydrogens is 168 g/mol. The first-order chi connectivity index (χ1) is 6.24. The van der Waals surface area contributed by atoms with Gasteiger partial charge in [-0.3, -0.25) is 4.90 Å². The van der Waals surface area contributed by atoms with Gasteiger partial charge in [-0.15, -0.1) is 10.2 Å². The maximum atomic E-state index is 5.78. The largest absolute Gasteiger partial charge is 0.424 e. The van der Waals surface area contributed by atoms with Gasteiger partial charge in [0.05, 0.1) is 6.54 Å². The molecule has 2 heterocycles. The summed E-state index contributed by atoms with van der Waals surface area (Å²) in [5.41, 5.74) is 5.78. The van der Waals surface area contributed by atoms with E-state index in [-0.39, 0.29) is 0 Å². The number of aromatic nitrogens is 2. The summed E-state index contributed by atoms with van der Waals surface area (Å²) in [6, 6.07) is 0.309. The van der Waals surface area contributed by atoms with Crippen LogP contribution in [0.5, 0.6) is 0 Å². The van der Waals surface area contributed by atoms with Crippen LogP contribution in [-0.4, -0.2) is 34.2 Å². The quantitative estimate of drug-likeness (QED) is 0.692. The van der Waals surface area contributed by atoms with Gasteiger partial charge in [0.1, 0.15) is 0 Å². The Labute approximate surface area is 76.9 Å². The second-order valence-corrected chi connectivity index (χ2v) is 3.50. The van der Waals surface area contributed by atoms with Gasteiger partial charge in [0.15, 0.2) is 0 Å². The van der Waals surface area contributed by atoms with Gasteiger partial charge in [-0.2, -0.15) is 0 Å². The second kappa shape index (κ2) is 3.43. The Kier molecular flexibility index (Phi) is 2.28. The summed E-state index contributed by atoms with van der Waals surface area (Å²) in [6.45, 7) is 4.49. The molecule has 72 valence electrons. The summed E-state index contributed by atoms with van der Waals surface area (Å²) < 4.78 is 5.28. The average Bonchev–Trinajstić information content (AvgIpc) is 2.62. The molecule has 0 aromatic carbocycles. The normalized spacial score (nSPS) is 24.0. The van der Waals surface area contributed by atoms with Gasteiger partial charge in [0.2, 0.25) is 11.8 Å². The molecule has 1 atom stereocenters. The molecule has 5 nitrogen and oxygen atoms in total. The van der Waals surface area contributed by atoms with Crippen LogP contribution in [0, 0.1) is 6.92 Å². The van der Waals surface area contributed by atoms with E-state index >= 15 is 0 Å². The summed E-state index contributed by atoms with van der Waals surface area (Å²) in [6.07, 6.45) is 1.06. The molecule has 2 N–H and O–H groups in total. The first-order valence-corrected chi connectivity index (χ1v) is 4.51. The van der Waals surface area contributed by atoms with Crippen molar-refractivity contribution in [2.24, 2.45) is 5.73 Å². The first kappa shape index (κ1) is 8.65. The number of likely N-dealkylation sites (tertiary alicyclic amines) is 1. The van der Waals surface area contributed by atoms with Gasteiger partial charge in [-0.1, -0.05) is 0 Å². The predicted octanol–water partition coefficient (Wildman–Crippen LogP) is -0.0890. The number of nitrogens with zero attached hydrogens (tertiary/aromatic N) is 3. The fourth-order valence-corrected chi connectivity index (χ4v) is 1.60. The van der Waals surface area contributed by atoms with Crippen LogP contribution in [0.3, 0.4) is 0 Å². The molecule has 0 saturated carbocycles. The molecule has 0 bridgehead atoms. The van der Waals surface area contributed by atoms with E-state index < -0.39 is 0 Å². The number of rotatable bonds is 2. The molecule has 1 saturated heterocycles. The van der Waals surface area contributed by atoms with Crippen LogP contribution in [0.1, 0.15) is 18.2 Å².